The minimum absolute atomic E-state index is 0.171. The molecule has 2 aliphatic carbocycles. The smallest absolute Gasteiger partial charge is 0.338 e. The number of benzene rings is 1. The summed E-state index contributed by atoms with van der Waals surface area (Å²) in [5.41, 5.74) is 3.74. The molecule has 0 amide bonds. The third-order valence-electron chi connectivity index (χ3n) is 4.54. The third-order valence-corrected chi connectivity index (χ3v) is 4.54. The molecule has 0 saturated heterocycles. The van der Waals surface area contributed by atoms with E-state index in [1.165, 1.54) is 12.5 Å². The maximum absolute atomic E-state index is 12.7. The number of esters is 2. The Hall–Kier alpha value is -2.36. The van der Waals surface area contributed by atoms with E-state index in [1.807, 2.05) is 30.3 Å². The summed E-state index contributed by atoms with van der Waals surface area (Å²) in [7, 11) is 0. The Morgan fingerprint density at radius 1 is 1.12 bits per heavy atom. The molecule has 0 aromatic heterocycles. The highest BCUT2D eigenvalue weighted by atomic mass is 16.5. The first-order valence-corrected chi connectivity index (χ1v) is 8.50. The zero-order chi connectivity index (χ0) is 17.1. The molecule has 0 spiro atoms. The van der Waals surface area contributed by atoms with Gasteiger partial charge in [-0.15, -0.1) is 0 Å². The van der Waals surface area contributed by atoms with Crippen molar-refractivity contribution in [3.8, 4) is 0 Å². The van der Waals surface area contributed by atoms with E-state index < -0.39 is 11.9 Å². The fraction of sp³-hybridized carbons (Fsp3) is 0.400. The maximum Gasteiger partial charge on any atom is 0.338 e. The molecular formula is C20H22O4. The molecular weight excluding hydrogens is 304 g/mol. The molecule has 1 aromatic rings. The number of allylic oxidation sites excluding steroid dienone is 2. The standard InChI is InChI=1S/C20H22O4/c1-3-23-20(22)18-17(14-9-5-4-6-10-14)15-11-7-8-12-16(15)19(18)24-13(2)21/h4-6,9-10,17H,3,7-8,11-12H2,1-2H3. The summed E-state index contributed by atoms with van der Waals surface area (Å²) in [5.74, 6) is -0.533. The first kappa shape index (κ1) is 16.5. The zero-order valence-corrected chi connectivity index (χ0v) is 14.1. The van der Waals surface area contributed by atoms with E-state index in [0.29, 0.717) is 17.9 Å². The van der Waals surface area contributed by atoms with Crippen molar-refractivity contribution < 1.29 is 19.1 Å². The summed E-state index contributed by atoms with van der Waals surface area (Å²) >= 11 is 0. The summed E-state index contributed by atoms with van der Waals surface area (Å²) in [6.45, 7) is 3.44. The highest BCUT2D eigenvalue weighted by Crippen LogP contribution is 2.50. The van der Waals surface area contributed by atoms with Gasteiger partial charge in [0, 0.05) is 12.8 Å². The minimum Gasteiger partial charge on any atom is -0.463 e. The fourth-order valence-corrected chi connectivity index (χ4v) is 3.67. The second-order valence-electron chi connectivity index (χ2n) is 6.11. The summed E-state index contributed by atoms with van der Waals surface area (Å²) in [6, 6.07) is 9.91. The Morgan fingerprint density at radius 3 is 2.50 bits per heavy atom. The predicted octanol–water partition coefficient (Wildman–Crippen LogP) is 4.03. The van der Waals surface area contributed by atoms with Gasteiger partial charge >= 0.3 is 11.9 Å². The molecule has 0 bridgehead atoms. The van der Waals surface area contributed by atoms with Crippen LogP contribution in [0.4, 0.5) is 0 Å². The Kier molecular flexibility index (Phi) is 4.84. The van der Waals surface area contributed by atoms with Crippen molar-refractivity contribution in [2.75, 3.05) is 6.61 Å². The molecule has 4 heteroatoms. The Morgan fingerprint density at radius 2 is 1.83 bits per heavy atom. The van der Waals surface area contributed by atoms with Crippen LogP contribution in [0, 0.1) is 0 Å². The van der Waals surface area contributed by atoms with Crippen molar-refractivity contribution in [3.05, 3.63) is 58.4 Å². The van der Waals surface area contributed by atoms with Gasteiger partial charge in [0.05, 0.1) is 12.2 Å². The van der Waals surface area contributed by atoms with Crippen molar-refractivity contribution >= 4 is 11.9 Å². The van der Waals surface area contributed by atoms with Crippen molar-refractivity contribution in [3.63, 3.8) is 0 Å². The molecule has 0 aliphatic heterocycles. The highest BCUT2D eigenvalue weighted by Gasteiger charge is 2.41. The molecule has 3 rings (SSSR count). The quantitative estimate of drug-likeness (QED) is 0.784. The lowest BCUT2D eigenvalue weighted by atomic mass is 9.82. The summed E-state index contributed by atoms with van der Waals surface area (Å²) < 4.78 is 10.8. The number of carbonyl (C=O) groups excluding carboxylic acids is 2. The second kappa shape index (κ2) is 7.04. The highest BCUT2D eigenvalue weighted by molar-refractivity contribution is 5.95. The van der Waals surface area contributed by atoms with Crippen LogP contribution in [0.5, 0.6) is 0 Å². The Bertz CT molecular complexity index is 712. The van der Waals surface area contributed by atoms with Crippen LogP contribution < -0.4 is 0 Å². The van der Waals surface area contributed by atoms with Gasteiger partial charge in [0.2, 0.25) is 0 Å². The molecule has 1 atom stereocenters. The first-order valence-electron chi connectivity index (χ1n) is 8.50. The number of hydrogen-bond donors (Lipinski definition) is 0. The molecule has 24 heavy (non-hydrogen) atoms. The van der Waals surface area contributed by atoms with Crippen LogP contribution in [0.3, 0.4) is 0 Å². The molecule has 1 aromatic carbocycles. The number of ether oxygens (including phenoxy) is 2. The van der Waals surface area contributed by atoms with Gasteiger partial charge in [-0.05, 0) is 43.7 Å². The van der Waals surface area contributed by atoms with E-state index in [9.17, 15) is 9.59 Å². The summed E-state index contributed by atoms with van der Waals surface area (Å²) in [4.78, 5) is 24.3. The molecule has 2 aliphatic rings. The van der Waals surface area contributed by atoms with Crippen LogP contribution in [-0.4, -0.2) is 18.5 Å². The van der Waals surface area contributed by atoms with E-state index in [1.54, 1.807) is 6.92 Å². The van der Waals surface area contributed by atoms with Crippen LogP contribution >= 0.6 is 0 Å². The van der Waals surface area contributed by atoms with Crippen molar-refractivity contribution in [1.29, 1.82) is 0 Å². The zero-order valence-electron chi connectivity index (χ0n) is 14.1. The van der Waals surface area contributed by atoms with E-state index >= 15 is 0 Å². The Balaban J connectivity index is 2.15. The monoisotopic (exact) mass is 326 g/mol. The van der Waals surface area contributed by atoms with Gasteiger partial charge in [0.1, 0.15) is 5.76 Å². The van der Waals surface area contributed by atoms with Gasteiger partial charge in [-0.25, -0.2) is 4.79 Å². The molecule has 0 N–H and O–H groups in total. The van der Waals surface area contributed by atoms with E-state index in [2.05, 4.69) is 0 Å². The van der Waals surface area contributed by atoms with Gasteiger partial charge in [-0.3, -0.25) is 4.79 Å². The van der Waals surface area contributed by atoms with Gasteiger partial charge in [0.15, 0.2) is 0 Å². The molecule has 4 nitrogen and oxygen atoms in total. The van der Waals surface area contributed by atoms with Crippen molar-refractivity contribution in [2.24, 2.45) is 0 Å². The molecule has 0 fully saturated rings. The maximum atomic E-state index is 12.7. The average molecular weight is 326 g/mol. The first-order chi connectivity index (χ1) is 11.6. The SMILES string of the molecule is CCOC(=O)C1=C(OC(C)=O)C2=C(CCCC2)C1c1ccccc1. The Labute approximate surface area is 142 Å². The van der Waals surface area contributed by atoms with Crippen LogP contribution in [0.25, 0.3) is 0 Å². The number of hydrogen-bond acceptors (Lipinski definition) is 4. The van der Waals surface area contributed by atoms with Crippen molar-refractivity contribution in [2.45, 2.75) is 45.4 Å². The summed E-state index contributed by atoms with van der Waals surface area (Å²) in [6.07, 6.45) is 3.89. The average Bonchev–Trinajstić information content (AvgIpc) is 2.90. The van der Waals surface area contributed by atoms with E-state index in [-0.39, 0.29) is 5.92 Å². The van der Waals surface area contributed by atoms with Crippen LogP contribution in [0.2, 0.25) is 0 Å². The van der Waals surface area contributed by atoms with Gasteiger partial charge in [-0.2, -0.15) is 0 Å². The minimum atomic E-state index is -0.405. The van der Waals surface area contributed by atoms with Gasteiger partial charge < -0.3 is 9.47 Å². The number of carbonyl (C=O) groups is 2. The molecule has 0 radical (unpaired) electrons. The topological polar surface area (TPSA) is 52.6 Å². The molecule has 0 saturated carbocycles. The van der Waals surface area contributed by atoms with E-state index in [4.69, 9.17) is 9.47 Å². The molecule has 0 heterocycles. The lowest BCUT2D eigenvalue weighted by molar-refractivity contribution is -0.139. The van der Waals surface area contributed by atoms with Crippen LogP contribution in [-0.2, 0) is 19.1 Å². The lowest BCUT2D eigenvalue weighted by Crippen LogP contribution is -2.16. The van der Waals surface area contributed by atoms with Crippen molar-refractivity contribution in [1.82, 2.24) is 0 Å². The van der Waals surface area contributed by atoms with Crippen LogP contribution in [0.1, 0.15) is 51.0 Å². The largest absolute Gasteiger partial charge is 0.463 e. The van der Waals surface area contributed by atoms with Gasteiger partial charge in [0.25, 0.3) is 0 Å². The summed E-state index contributed by atoms with van der Waals surface area (Å²) in [5, 5.41) is 0. The van der Waals surface area contributed by atoms with Crippen LogP contribution in [0.15, 0.2) is 52.8 Å². The van der Waals surface area contributed by atoms with E-state index in [0.717, 1.165) is 36.8 Å². The predicted molar refractivity (Wildman–Crippen MR) is 90.1 cm³/mol. The second-order valence-corrected chi connectivity index (χ2v) is 6.11. The lowest BCUT2D eigenvalue weighted by Gasteiger charge is -2.21. The van der Waals surface area contributed by atoms with Gasteiger partial charge in [-0.1, -0.05) is 35.9 Å². The fourth-order valence-electron chi connectivity index (χ4n) is 3.67. The third kappa shape index (κ3) is 3.01. The normalized spacial score (nSPS) is 20.0. The molecule has 1 unspecified atom stereocenters. The molecule has 126 valence electrons. The number of rotatable bonds is 4.